The van der Waals surface area contributed by atoms with E-state index in [0.717, 1.165) is 24.8 Å². The maximum absolute atomic E-state index is 12.3. The van der Waals surface area contributed by atoms with Crippen LogP contribution in [0, 0.1) is 28.6 Å². The van der Waals surface area contributed by atoms with Crippen LogP contribution in [0.25, 0.3) is 0 Å². The molecule has 1 heterocycles. The first-order valence-corrected chi connectivity index (χ1v) is 12.1. The van der Waals surface area contributed by atoms with Crippen LogP contribution in [0.1, 0.15) is 64.7 Å². The number of hydrogen-bond acceptors (Lipinski definition) is 7. The van der Waals surface area contributed by atoms with Crippen LogP contribution >= 0.6 is 0 Å². The van der Waals surface area contributed by atoms with Crippen molar-refractivity contribution in [2.24, 2.45) is 39.4 Å². The zero-order valence-electron chi connectivity index (χ0n) is 19.1. The van der Waals surface area contributed by atoms with Crippen LogP contribution in [0.4, 0.5) is 4.79 Å². The van der Waals surface area contributed by atoms with Gasteiger partial charge in [0.25, 0.3) is 0 Å². The predicted molar refractivity (Wildman–Crippen MR) is 119 cm³/mol. The van der Waals surface area contributed by atoms with Crippen molar-refractivity contribution in [1.82, 2.24) is 5.43 Å². The van der Waals surface area contributed by atoms with Crippen LogP contribution in [-0.4, -0.2) is 57.4 Å². The second kappa shape index (κ2) is 7.52. The van der Waals surface area contributed by atoms with Crippen molar-refractivity contribution in [2.75, 3.05) is 6.61 Å². The highest BCUT2D eigenvalue weighted by molar-refractivity contribution is 5.85. The number of hydrazone groups is 1. The summed E-state index contributed by atoms with van der Waals surface area (Å²) in [7, 11) is 0. The lowest BCUT2D eigenvalue weighted by molar-refractivity contribution is -0.237. The molecule has 0 saturated heterocycles. The molecular weight excluding hydrogens is 426 g/mol. The van der Waals surface area contributed by atoms with E-state index in [1.807, 2.05) is 0 Å². The number of aliphatic hydroxyl groups excluding tert-OH is 1. The number of nitrogens with two attached hydrogens (primary N) is 1. The number of carbonyl (C=O) groups is 2. The van der Waals surface area contributed by atoms with Gasteiger partial charge in [0.2, 0.25) is 0 Å². The first-order valence-electron chi connectivity index (χ1n) is 12.1. The van der Waals surface area contributed by atoms with Gasteiger partial charge >= 0.3 is 12.0 Å². The van der Waals surface area contributed by atoms with Crippen LogP contribution < -0.4 is 11.2 Å². The van der Waals surface area contributed by atoms with Gasteiger partial charge in [-0.3, -0.25) is 0 Å². The molecule has 0 aromatic carbocycles. The van der Waals surface area contributed by atoms with Gasteiger partial charge in [-0.1, -0.05) is 6.92 Å². The minimum Gasteiger partial charge on any atom is -0.458 e. The third kappa shape index (κ3) is 3.12. The fourth-order valence-corrected chi connectivity index (χ4v) is 8.57. The quantitative estimate of drug-likeness (QED) is 0.243. The number of aliphatic hydroxyl groups is 3. The summed E-state index contributed by atoms with van der Waals surface area (Å²) in [5.41, 5.74) is 5.21. The fourth-order valence-electron chi connectivity index (χ4n) is 8.57. The van der Waals surface area contributed by atoms with Gasteiger partial charge in [0, 0.05) is 29.5 Å². The van der Waals surface area contributed by atoms with Gasteiger partial charge in [-0.05, 0) is 74.7 Å². The van der Waals surface area contributed by atoms with Crippen molar-refractivity contribution >= 4 is 18.2 Å². The molecule has 0 spiro atoms. The molecule has 9 heteroatoms. The van der Waals surface area contributed by atoms with E-state index in [1.54, 1.807) is 12.3 Å². The average Bonchev–Trinajstić information content (AvgIpc) is 3.28. The van der Waals surface area contributed by atoms with Crippen LogP contribution in [0.5, 0.6) is 0 Å². The van der Waals surface area contributed by atoms with E-state index in [-0.39, 0.29) is 35.6 Å². The first-order chi connectivity index (χ1) is 15.5. The predicted octanol–water partition coefficient (Wildman–Crippen LogP) is 1.35. The molecule has 2 amide bonds. The number of ether oxygens (including phenoxy) is 1. The third-order valence-corrected chi connectivity index (χ3v) is 10.1. The number of carbonyl (C=O) groups excluding carboxylic acids is 2. The van der Waals surface area contributed by atoms with Gasteiger partial charge in [-0.25, -0.2) is 15.0 Å². The standard InChI is InChI=1S/C24H35N3O6/c1-21-6-3-17-18(24(21,32)9-5-16(21)14-10-19(29)33-12-14)4-8-23(31)11-15(28)2-7-22(17,23)13-26-27-20(25)30/h10,13,15-18,28,31-32H,2-9,11-12H2,1H3,(H3,25,27,30)/b26-13+/t15-,16+,17-,18+,21+,22-,23-,24-/m0/s1. The molecule has 0 radical (unpaired) electrons. The summed E-state index contributed by atoms with van der Waals surface area (Å²) in [6.07, 6.45) is 8.02. The summed E-state index contributed by atoms with van der Waals surface area (Å²) in [5, 5.41) is 38.6. The number of rotatable bonds is 3. The van der Waals surface area contributed by atoms with Crippen molar-refractivity contribution in [2.45, 2.75) is 82.0 Å². The topological polar surface area (TPSA) is 154 Å². The molecule has 0 aromatic rings. The molecule has 9 nitrogen and oxygen atoms in total. The highest BCUT2D eigenvalue weighted by Gasteiger charge is 2.71. The van der Waals surface area contributed by atoms with E-state index in [1.165, 1.54) is 0 Å². The lowest BCUT2D eigenvalue weighted by Crippen LogP contribution is -2.68. The Morgan fingerprint density at radius 2 is 1.94 bits per heavy atom. The summed E-state index contributed by atoms with van der Waals surface area (Å²) in [6, 6.07) is -0.774. The summed E-state index contributed by atoms with van der Waals surface area (Å²) in [5.74, 6) is -0.326. The van der Waals surface area contributed by atoms with Crippen molar-refractivity contribution < 1.29 is 29.6 Å². The number of amides is 2. The van der Waals surface area contributed by atoms with E-state index in [4.69, 9.17) is 10.5 Å². The molecule has 6 N–H and O–H groups in total. The smallest absolute Gasteiger partial charge is 0.332 e. The Kier molecular flexibility index (Phi) is 5.19. The Labute approximate surface area is 193 Å². The molecule has 0 bridgehead atoms. The summed E-state index contributed by atoms with van der Waals surface area (Å²) in [6.45, 7) is 2.45. The second-order valence-electron chi connectivity index (χ2n) is 11.3. The monoisotopic (exact) mass is 461 g/mol. The maximum atomic E-state index is 12.3. The minimum atomic E-state index is -1.16. The Morgan fingerprint density at radius 3 is 2.64 bits per heavy atom. The lowest BCUT2D eigenvalue weighted by Gasteiger charge is -2.65. The average molecular weight is 462 g/mol. The van der Waals surface area contributed by atoms with Gasteiger partial charge in [0.15, 0.2) is 0 Å². The molecule has 4 saturated carbocycles. The molecule has 1 aliphatic heterocycles. The van der Waals surface area contributed by atoms with E-state index in [0.29, 0.717) is 38.7 Å². The van der Waals surface area contributed by atoms with Crippen LogP contribution in [0.15, 0.2) is 16.8 Å². The molecule has 5 rings (SSSR count). The number of fused-ring (bicyclic) bond motifs is 5. The Hall–Kier alpha value is -1.97. The van der Waals surface area contributed by atoms with Gasteiger partial charge in [0.05, 0.1) is 17.3 Å². The highest BCUT2D eigenvalue weighted by atomic mass is 16.5. The van der Waals surface area contributed by atoms with Crippen LogP contribution in [-0.2, 0) is 9.53 Å². The Morgan fingerprint density at radius 1 is 1.18 bits per heavy atom. The summed E-state index contributed by atoms with van der Waals surface area (Å²) >= 11 is 0. The molecule has 4 fully saturated rings. The lowest BCUT2D eigenvalue weighted by atomic mass is 9.41. The third-order valence-electron chi connectivity index (χ3n) is 10.1. The number of primary amides is 1. The van der Waals surface area contributed by atoms with E-state index in [9.17, 15) is 24.9 Å². The molecule has 0 unspecified atom stereocenters. The zero-order chi connectivity index (χ0) is 23.6. The van der Waals surface area contributed by atoms with Gasteiger partial charge in [-0.15, -0.1) is 0 Å². The van der Waals surface area contributed by atoms with Gasteiger partial charge < -0.3 is 25.8 Å². The van der Waals surface area contributed by atoms with Crippen molar-refractivity contribution in [3.63, 3.8) is 0 Å². The molecule has 182 valence electrons. The van der Waals surface area contributed by atoms with Crippen molar-refractivity contribution in [3.05, 3.63) is 11.6 Å². The normalized spacial score (nSPS) is 49.1. The number of nitrogens with one attached hydrogen (secondary N) is 1. The number of urea groups is 1. The zero-order valence-corrected chi connectivity index (χ0v) is 19.1. The van der Waals surface area contributed by atoms with Crippen molar-refractivity contribution in [1.29, 1.82) is 0 Å². The highest BCUT2D eigenvalue weighted by Crippen LogP contribution is 2.70. The van der Waals surface area contributed by atoms with E-state index < -0.39 is 28.8 Å². The molecule has 5 aliphatic rings. The summed E-state index contributed by atoms with van der Waals surface area (Å²) in [4.78, 5) is 23.0. The van der Waals surface area contributed by atoms with Crippen LogP contribution in [0.2, 0.25) is 0 Å². The Balaban J connectivity index is 1.52. The largest absolute Gasteiger partial charge is 0.458 e. The first kappa shape index (κ1) is 22.8. The Bertz CT molecular complexity index is 922. The minimum absolute atomic E-state index is 0.0468. The second-order valence-corrected chi connectivity index (χ2v) is 11.3. The fraction of sp³-hybridized carbons (Fsp3) is 0.792. The number of hydrogen-bond donors (Lipinski definition) is 5. The van der Waals surface area contributed by atoms with E-state index >= 15 is 0 Å². The van der Waals surface area contributed by atoms with Crippen LogP contribution in [0.3, 0.4) is 0 Å². The SMILES string of the molecule is C[C@]12CC[C@H]3[C@@H](CC[C@]4(O)C[C@@H](O)CC[C@]34/C=N/NC(N)=O)[C@@]1(O)CC[C@@H]2C1=CC(=O)OC1. The number of cyclic esters (lactones) is 1. The van der Waals surface area contributed by atoms with Gasteiger partial charge in [0.1, 0.15) is 6.61 Å². The number of nitrogens with zero attached hydrogens (tertiary/aromatic N) is 1. The molecule has 0 aromatic heterocycles. The van der Waals surface area contributed by atoms with Gasteiger partial charge in [-0.2, -0.15) is 5.10 Å². The molecular formula is C24H35N3O6. The molecule has 8 atom stereocenters. The van der Waals surface area contributed by atoms with Crippen molar-refractivity contribution in [3.8, 4) is 0 Å². The molecule has 33 heavy (non-hydrogen) atoms. The van der Waals surface area contributed by atoms with E-state index in [2.05, 4.69) is 17.5 Å². The maximum Gasteiger partial charge on any atom is 0.332 e. The number of esters is 1. The summed E-state index contributed by atoms with van der Waals surface area (Å²) < 4.78 is 5.18. The molecule has 4 aliphatic carbocycles.